The summed E-state index contributed by atoms with van der Waals surface area (Å²) in [6, 6.07) is 0. The largest absolute Gasteiger partial charge is 0.0848 e. The van der Waals surface area contributed by atoms with Gasteiger partial charge in [-0.3, -0.25) is 0 Å². The molecule has 0 bridgehead atoms. The van der Waals surface area contributed by atoms with Crippen molar-refractivity contribution in [1.29, 1.82) is 0 Å². The molecule has 2 aliphatic rings. The summed E-state index contributed by atoms with van der Waals surface area (Å²) in [5.74, 6) is 1.88. The molecule has 0 amide bonds. The van der Waals surface area contributed by atoms with Gasteiger partial charge in [0.2, 0.25) is 0 Å². The Bertz CT molecular complexity index is 206. The Morgan fingerprint density at radius 3 is 2.50 bits per heavy atom. The summed E-state index contributed by atoms with van der Waals surface area (Å²) in [5, 5.41) is 0. The molecule has 12 heavy (non-hydrogen) atoms. The van der Waals surface area contributed by atoms with Crippen LogP contribution in [0.15, 0.2) is 11.6 Å². The van der Waals surface area contributed by atoms with Gasteiger partial charge in [-0.1, -0.05) is 25.5 Å². The van der Waals surface area contributed by atoms with Gasteiger partial charge in [-0.2, -0.15) is 0 Å². The standard InChI is InChI=1S/C12H19/c1-9-4-7-11(12(9,2)3)8-10-5-6-10/h4-5,10-11H,6-8H2,1-3H3. The molecule has 67 valence electrons. The van der Waals surface area contributed by atoms with Crippen LogP contribution in [-0.4, -0.2) is 0 Å². The highest BCUT2D eigenvalue weighted by atomic mass is 14.4. The molecule has 2 aliphatic carbocycles. The van der Waals surface area contributed by atoms with E-state index in [-0.39, 0.29) is 0 Å². The van der Waals surface area contributed by atoms with Crippen molar-refractivity contribution in [2.24, 2.45) is 17.3 Å². The molecular weight excluding hydrogens is 144 g/mol. The normalized spacial score (nSPS) is 33.6. The molecule has 2 unspecified atom stereocenters. The van der Waals surface area contributed by atoms with E-state index in [4.69, 9.17) is 0 Å². The van der Waals surface area contributed by atoms with Gasteiger partial charge in [-0.25, -0.2) is 0 Å². The first-order valence-corrected chi connectivity index (χ1v) is 5.11. The maximum absolute atomic E-state index is 2.45. The van der Waals surface area contributed by atoms with E-state index >= 15 is 0 Å². The van der Waals surface area contributed by atoms with Crippen LogP contribution in [0.1, 0.15) is 40.0 Å². The van der Waals surface area contributed by atoms with Crippen LogP contribution in [0.5, 0.6) is 0 Å². The Hall–Kier alpha value is -0.260. The van der Waals surface area contributed by atoms with Crippen molar-refractivity contribution < 1.29 is 0 Å². The predicted molar refractivity (Wildman–Crippen MR) is 52.7 cm³/mol. The first kappa shape index (κ1) is 8.34. The van der Waals surface area contributed by atoms with E-state index in [0.717, 1.165) is 11.8 Å². The van der Waals surface area contributed by atoms with Crippen LogP contribution in [0.4, 0.5) is 0 Å². The molecule has 0 spiro atoms. The van der Waals surface area contributed by atoms with Crippen LogP contribution in [0, 0.1) is 23.7 Å². The Balaban J connectivity index is 1.99. The molecule has 0 aliphatic heterocycles. The average Bonchev–Trinajstić information content (AvgIpc) is 2.75. The average molecular weight is 163 g/mol. The molecule has 0 N–H and O–H groups in total. The Morgan fingerprint density at radius 1 is 1.42 bits per heavy atom. The minimum Gasteiger partial charge on any atom is -0.0848 e. The smallest absolute Gasteiger partial charge is 0.0116 e. The highest BCUT2D eigenvalue weighted by molar-refractivity contribution is 5.19. The Kier molecular flexibility index (Phi) is 1.82. The van der Waals surface area contributed by atoms with Gasteiger partial charge in [-0.15, -0.1) is 0 Å². The molecule has 0 aromatic rings. The van der Waals surface area contributed by atoms with Crippen LogP contribution in [0.2, 0.25) is 0 Å². The van der Waals surface area contributed by atoms with Gasteiger partial charge < -0.3 is 0 Å². The molecule has 2 atom stereocenters. The fraction of sp³-hybridized carbons (Fsp3) is 0.750. The third kappa shape index (κ3) is 1.32. The van der Waals surface area contributed by atoms with Gasteiger partial charge in [-0.05, 0) is 49.9 Å². The van der Waals surface area contributed by atoms with Crippen molar-refractivity contribution in [2.75, 3.05) is 0 Å². The lowest BCUT2D eigenvalue weighted by molar-refractivity contribution is 0.266. The molecule has 1 fully saturated rings. The van der Waals surface area contributed by atoms with Crippen LogP contribution in [0.25, 0.3) is 0 Å². The molecule has 0 aromatic heterocycles. The highest BCUT2D eigenvalue weighted by Crippen LogP contribution is 2.49. The number of rotatable bonds is 2. The van der Waals surface area contributed by atoms with Gasteiger partial charge in [0.15, 0.2) is 0 Å². The van der Waals surface area contributed by atoms with Gasteiger partial charge in [0.05, 0.1) is 0 Å². The lowest BCUT2D eigenvalue weighted by atomic mass is 9.75. The maximum atomic E-state index is 2.45. The third-order valence-corrected chi connectivity index (χ3v) is 3.90. The Morgan fingerprint density at radius 2 is 2.08 bits per heavy atom. The van der Waals surface area contributed by atoms with Crippen molar-refractivity contribution >= 4 is 0 Å². The summed E-state index contributed by atoms with van der Waals surface area (Å²) in [5.41, 5.74) is 2.09. The van der Waals surface area contributed by atoms with Gasteiger partial charge in [0.1, 0.15) is 0 Å². The van der Waals surface area contributed by atoms with Crippen molar-refractivity contribution in [1.82, 2.24) is 0 Å². The zero-order valence-electron chi connectivity index (χ0n) is 8.43. The molecule has 0 heterocycles. The summed E-state index contributed by atoms with van der Waals surface area (Å²) in [6.45, 7) is 7.09. The summed E-state index contributed by atoms with van der Waals surface area (Å²) < 4.78 is 0. The monoisotopic (exact) mass is 163 g/mol. The predicted octanol–water partition coefficient (Wildman–Crippen LogP) is 3.59. The number of hydrogen-bond acceptors (Lipinski definition) is 0. The summed E-state index contributed by atoms with van der Waals surface area (Å²) >= 11 is 0. The van der Waals surface area contributed by atoms with Crippen LogP contribution in [0.3, 0.4) is 0 Å². The number of hydrogen-bond donors (Lipinski definition) is 0. The third-order valence-electron chi connectivity index (χ3n) is 3.90. The SMILES string of the molecule is CC1=CCC(CC2[CH]C2)C1(C)C. The molecule has 0 nitrogen and oxygen atoms in total. The van der Waals surface area contributed by atoms with Crippen LogP contribution >= 0.6 is 0 Å². The van der Waals surface area contributed by atoms with Crippen LogP contribution < -0.4 is 0 Å². The van der Waals surface area contributed by atoms with E-state index in [9.17, 15) is 0 Å². The second-order valence-electron chi connectivity index (χ2n) is 5.01. The lowest BCUT2D eigenvalue weighted by Crippen LogP contribution is -2.20. The van der Waals surface area contributed by atoms with E-state index in [1.807, 2.05) is 0 Å². The zero-order valence-corrected chi connectivity index (χ0v) is 8.43. The Labute approximate surface area is 76.1 Å². The van der Waals surface area contributed by atoms with E-state index in [1.54, 1.807) is 5.57 Å². The molecule has 0 heteroatoms. The molecule has 0 aromatic carbocycles. The fourth-order valence-electron chi connectivity index (χ4n) is 2.24. The topological polar surface area (TPSA) is 0 Å². The first-order chi connectivity index (χ1) is 5.60. The van der Waals surface area contributed by atoms with Crippen LogP contribution in [-0.2, 0) is 0 Å². The van der Waals surface area contributed by atoms with Gasteiger partial charge in [0.25, 0.3) is 0 Å². The lowest BCUT2D eigenvalue weighted by Gasteiger charge is -2.29. The van der Waals surface area contributed by atoms with Crippen molar-refractivity contribution in [2.45, 2.75) is 40.0 Å². The maximum Gasteiger partial charge on any atom is -0.0116 e. The summed E-state index contributed by atoms with van der Waals surface area (Å²) in [6.07, 6.45) is 9.02. The van der Waals surface area contributed by atoms with E-state index in [0.29, 0.717) is 5.41 Å². The van der Waals surface area contributed by atoms with E-state index in [2.05, 4.69) is 33.3 Å². The first-order valence-electron chi connectivity index (χ1n) is 5.11. The van der Waals surface area contributed by atoms with E-state index < -0.39 is 0 Å². The highest BCUT2D eigenvalue weighted by Gasteiger charge is 2.38. The quantitative estimate of drug-likeness (QED) is 0.546. The van der Waals surface area contributed by atoms with Gasteiger partial charge >= 0.3 is 0 Å². The minimum absolute atomic E-state index is 0.483. The summed E-state index contributed by atoms with van der Waals surface area (Å²) in [7, 11) is 0. The summed E-state index contributed by atoms with van der Waals surface area (Å²) in [4.78, 5) is 0. The zero-order chi connectivity index (χ0) is 8.77. The number of allylic oxidation sites excluding steroid dienone is 2. The molecule has 1 saturated carbocycles. The van der Waals surface area contributed by atoms with Crippen molar-refractivity contribution in [3.8, 4) is 0 Å². The van der Waals surface area contributed by atoms with Gasteiger partial charge in [0, 0.05) is 0 Å². The molecule has 0 saturated heterocycles. The van der Waals surface area contributed by atoms with Crippen molar-refractivity contribution in [3.05, 3.63) is 18.1 Å². The van der Waals surface area contributed by atoms with E-state index in [1.165, 1.54) is 19.3 Å². The second-order valence-corrected chi connectivity index (χ2v) is 5.01. The molecule has 2 rings (SSSR count). The molecular formula is C12H19. The molecule has 1 radical (unpaired) electrons. The second kappa shape index (κ2) is 2.61. The minimum atomic E-state index is 0.483. The van der Waals surface area contributed by atoms with Crippen molar-refractivity contribution in [3.63, 3.8) is 0 Å². The fourth-order valence-corrected chi connectivity index (χ4v) is 2.24.